The third kappa shape index (κ3) is 2.13. The van der Waals surface area contributed by atoms with Crippen LogP contribution in [0.1, 0.15) is 27.7 Å². The highest BCUT2D eigenvalue weighted by atomic mass is 32.1. The predicted molar refractivity (Wildman–Crippen MR) is 93.5 cm³/mol. The number of nitriles is 1. The van der Waals surface area contributed by atoms with Gasteiger partial charge in [-0.1, -0.05) is 11.3 Å². The summed E-state index contributed by atoms with van der Waals surface area (Å²) in [6, 6.07) is 6.55. The van der Waals surface area contributed by atoms with Crippen molar-refractivity contribution in [3.8, 4) is 6.07 Å². The van der Waals surface area contributed by atoms with Crippen LogP contribution < -0.4 is 10.6 Å². The quantitative estimate of drug-likeness (QED) is 0.717. The van der Waals surface area contributed by atoms with Gasteiger partial charge >= 0.3 is 0 Å². The summed E-state index contributed by atoms with van der Waals surface area (Å²) in [5.41, 5.74) is 9.88. The molecule has 3 aromatic rings. The number of nitrogen functional groups attached to an aromatic ring is 1. The lowest BCUT2D eigenvalue weighted by Crippen LogP contribution is -2.51. The van der Waals surface area contributed by atoms with E-state index in [2.05, 4.69) is 20.9 Å². The first-order valence-corrected chi connectivity index (χ1v) is 8.88. The number of rotatable bonds is 1. The molecule has 5 rings (SSSR count). The average molecular weight is 353 g/mol. The zero-order valence-corrected chi connectivity index (χ0v) is 14.3. The van der Waals surface area contributed by atoms with Gasteiger partial charge in [0.25, 0.3) is 6.01 Å². The Balaban J connectivity index is 1.63. The molecule has 8 heteroatoms. The number of aryl methyl sites for hydroxylation is 1. The Hall–Kier alpha value is -2.63. The zero-order valence-electron chi connectivity index (χ0n) is 13.5. The molecule has 0 amide bonds. The van der Waals surface area contributed by atoms with Gasteiger partial charge in [-0.15, -0.1) is 0 Å². The summed E-state index contributed by atoms with van der Waals surface area (Å²) in [4.78, 5) is 12.5. The minimum absolute atomic E-state index is 0.0156. The molecule has 2 atom stereocenters. The van der Waals surface area contributed by atoms with Crippen molar-refractivity contribution in [1.29, 1.82) is 5.26 Å². The number of morpholine rings is 1. The normalized spacial score (nSPS) is 22.0. The molecule has 0 spiro atoms. The minimum atomic E-state index is 0.0156. The SMILES string of the molecule is Cc1cc2nc(N3[C@@H]4COC[C@H]3c3sc(N)nc3C4)oc2cc1C#N. The first-order valence-electron chi connectivity index (χ1n) is 8.06. The second kappa shape index (κ2) is 5.18. The van der Waals surface area contributed by atoms with Crippen LogP contribution in [-0.4, -0.2) is 29.2 Å². The summed E-state index contributed by atoms with van der Waals surface area (Å²) in [6.45, 7) is 3.07. The summed E-state index contributed by atoms with van der Waals surface area (Å²) < 4.78 is 11.8. The fraction of sp³-hybridized carbons (Fsp3) is 0.353. The van der Waals surface area contributed by atoms with Crippen LogP contribution in [0.25, 0.3) is 11.1 Å². The Labute approximate surface area is 147 Å². The maximum Gasteiger partial charge on any atom is 0.299 e. The number of nitrogens with zero attached hydrogens (tertiary/aromatic N) is 4. The van der Waals surface area contributed by atoms with E-state index in [0.29, 0.717) is 35.5 Å². The first kappa shape index (κ1) is 14.7. The smallest absolute Gasteiger partial charge is 0.299 e. The topological polar surface area (TPSA) is 101 Å². The van der Waals surface area contributed by atoms with Crippen molar-refractivity contribution in [3.63, 3.8) is 0 Å². The highest BCUT2D eigenvalue weighted by Crippen LogP contribution is 2.43. The van der Waals surface area contributed by atoms with Crippen LogP contribution in [0.5, 0.6) is 0 Å². The van der Waals surface area contributed by atoms with E-state index in [1.807, 2.05) is 13.0 Å². The van der Waals surface area contributed by atoms with Gasteiger partial charge in [0.05, 0.1) is 47.5 Å². The van der Waals surface area contributed by atoms with Crippen LogP contribution in [0.4, 0.5) is 11.1 Å². The lowest BCUT2D eigenvalue weighted by Gasteiger charge is -2.43. The standard InChI is InChI=1S/C17H15N5O2S/c1-8-2-11-14(3-9(8)5-18)24-17(21-11)22-10-4-12-15(25-16(19)20-12)13(22)7-23-6-10/h2-3,10,13H,4,6-7H2,1H3,(H2,19,20)/t10-,13-/m0/s1. The van der Waals surface area contributed by atoms with Crippen LogP contribution in [0.2, 0.25) is 0 Å². The fourth-order valence-corrected chi connectivity index (χ4v) is 4.63. The number of ether oxygens (including phenoxy) is 1. The van der Waals surface area contributed by atoms with Gasteiger partial charge in [0.15, 0.2) is 10.7 Å². The van der Waals surface area contributed by atoms with E-state index in [-0.39, 0.29) is 12.1 Å². The van der Waals surface area contributed by atoms with Crippen molar-refractivity contribution in [2.45, 2.75) is 25.4 Å². The summed E-state index contributed by atoms with van der Waals surface area (Å²) in [5.74, 6) is 0. The maximum atomic E-state index is 9.22. The first-order chi connectivity index (χ1) is 12.1. The van der Waals surface area contributed by atoms with Gasteiger partial charge in [-0.2, -0.15) is 10.2 Å². The summed E-state index contributed by atoms with van der Waals surface area (Å²) in [5, 5.41) is 9.81. The molecule has 0 radical (unpaired) electrons. The number of benzene rings is 1. The second-order valence-electron chi connectivity index (χ2n) is 6.42. The van der Waals surface area contributed by atoms with Crippen molar-refractivity contribution < 1.29 is 9.15 Å². The van der Waals surface area contributed by atoms with Gasteiger partial charge < -0.3 is 19.8 Å². The van der Waals surface area contributed by atoms with Crippen LogP contribution >= 0.6 is 11.3 Å². The molecule has 0 aliphatic carbocycles. The number of aromatic nitrogens is 2. The molecule has 1 fully saturated rings. The molecule has 2 aliphatic heterocycles. The van der Waals surface area contributed by atoms with Crippen molar-refractivity contribution >= 4 is 33.6 Å². The van der Waals surface area contributed by atoms with E-state index in [4.69, 9.17) is 14.9 Å². The summed E-state index contributed by atoms with van der Waals surface area (Å²) in [6.07, 6.45) is 0.765. The van der Waals surface area contributed by atoms with Gasteiger partial charge in [-0.3, -0.25) is 0 Å². The van der Waals surface area contributed by atoms with E-state index in [1.54, 1.807) is 6.07 Å². The van der Waals surface area contributed by atoms with Crippen LogP contribution in [0.3, 0.4) is 0 Å². The number of anilines is 2. The molecule has 1 saturated heterocycles. The Morgan fingerprint density at radius 1 is 1.36 bits per heavy atom. The van der Waals surface area contributed by atoms with Crippen molar-refractivity contribution in [2.75, 3.05) is 23.8 Å². The van der Waals surface area contributed by atoms with Gasteiger partial charge in [0.1, 0.15) is 5.52 Å². The van der Waals surface area contributed by atoms with E-state index in [9.17, 15) is 5.26 Å². The van der Waals surface area contributed by atoms with E-state index < -0.39 is 0 Å². The van der Waals surface area contributed by atoms with Crippen molar-refractivity contribution in [1.82, 2.24) is 9.97 Å². The van der Waals surface area contributed by atoms with Crippen molar-refractivity contribution in [3.05, 3.63) is 33.8 Å². The predicted octanol–water partition coefficient (Wildman–Crippen LogP) is 2.55. The largest absolute Gasteiger partial charge is 0.423 e. The number of hydrogen-bond donors (Lipinski definition) is 1. The third-order valence-electron chi connectivity index (χ3n) is 4.86. The molecule has 2 N–H and O–H groups in total. The Morgan fingerprint density at radius 2 is 2.24 bits per heavy atom. The Morgan fingerprint density at radius 3 is 3.08 bits per heavy atom. The molecular formula is C17H15N5O2S. The van der Waals surface area contributed by atoms with Crippen LogP contribution in [0, 0.1) is 18.3 Å². The molecule has 2 aliphatic rings. The highest BCUT2D eigenvalue weighted by Gasteiger charge is 2.42. The number of fused-ring (bicyclic) bond motifs is 5. The lowest BCUT2D eigenvalue weighted by molar-refractivity contribution is 0.0579. The molecule has 1 aromatic carbocycles. The Bertz CT molecular complexity index is 1030. The van der Waals surface area contributed by atoms with Gasteiger partial charge in [-0.25, -0.2) is 4.98 Å². The number of nitrogens with two attached hydrogens (primary N) is 1. The fourth-order valence-electron chi connectivity index (χ4n) is 3.69. The molecule has 4 heterocycles. The minimum Gasteiger partial charge on any atom is -0.423 e. The van der Waals surface area contributed by atoms with Crippen LogP contribution in [-0.2, 0) is 11.2 Å². The third-order valence-corrected chi connectivity index (χ3v) is 5.88. The molecular weight excluding hydrogens is 338 g/mol. The number of oxazole rings is 1. The van der Waals surface area contributed by atoms with Gasteiger partial charge in [0.2, 0.25) is 0 Å². The second-order valence-corrected chi connectivity index (χ2v) is 7.49. The molecule has 0 unspecified atom stereocenters. The molecule has 25 heavy (non-hydrogen) atoms. The zero-order chi connectivity index (χ0) is 17.1. The average Bonchev–Trinajstić information content (AvgIpc) is 3.15. The van der Waals surface area contributed by atoms with Crippen LogP contribution in [0.15, 0.2) is 16.5 Å². The molecule has 0 saturated carbocycles. The van der Waals surface area contributed by atoms with Gasteiger partial charge in [-0.05, 0) is 18.6 Å². The maximum absolute atomic E-state index is 9.22. The monoisotopic (exact) mass is 353 g/mol. The molecule has 7 nitrogen and oxygen atoms in total. The molecule has 2 bridgehead atoms. The molecule has 2 aromatic heterocycles. The Kier molecular flexibility index (Phi) is 3.04. The summed E-state index contributed by atoms with van der Waals surface area (Å²) in [7, 11) is 0. The van der Waals surface area contributed by atoms with Gasteiger partial charge in [0, 0.05) is 12.5 Å². The van der Waals surface area contributed by atoms with E-state index >= 15 is 0 Å². The highest BCUT2D eigenvalue weighted by molar-refractivity contribution is 7.15. The lowest BCUT2D eigenvalue weighted by atomic mass is 9.97. The van der Waals surface area contributed by atoms with Crippen molar-refractivity contribution in [2.24, 2.45) is 0 Å². The molecule has 126 valence electrons. The van der Waals surface area contributed by atoms with E-state index in [0.717, 1.165) is 28.1 Å². The summed E-state index contributed by atoms with van der Waals surface area (Å²) >= 11 is 1.51. The number of thiazole rings is 1. The number of hydrogen-bond acceptors (Lipinski definition) is 8. The van der Waals surface area contributed by atoms with E-state index in [1.165, 1.54) is 11.3 Å².